The third-order valence-corrected chi connectivity index (χ3v) is 8.35. The SMILES string of the molecule is CCCCS(=O)(=O)N1CCC(C(=O)N(CCCN(C)C)Cc2ccc(Cl)c(Cl)c2)CC1. The molecule has 0 aliphatic carbocycles. The third-order valence-electron chi connectivity index (χ3n) is 5.65. The number of piperidine rings is 1. The zero-order valence-electron chi connectivity index (χ0n) is 18.8. The highest BCUT2D eigenvalue weighted by atomic mass is 35.5. The second-order valence-electron chi connectivity index (χ2n) is 8.51. The van der Waals surface area contributed by atoms with Crippen LogP contribution in [-0.2, 0) is 21.4 Å². The molecule has 0 unspecified atom stereocenters. The highest BCUT2D eigenvalue weighted by molar-refractivity contribution is 7.89. The molecule has 1 heterocycles. The maximum absolute atomic E-state index is 13.3. The Morgan fingerprint density at radius 3 is 2.35 bits per heavy atom. The number of benzene rings is 1. The Bertz CT molecular complexity index is 825. The molecule has 1 fully saturated rings. The van der Waals surface area contributed by atoms with Crippen LogP contribution in [-0.4, -0.2) is 74.5 Å². The van der Waals surface area contributed by atoms with Crippen molar-refractivity contribution in [2.75, 3.05) is 46.0 Å². The van der Waals surface area contributed by atoms with Crippen LogP contribution in [0.1, 0.15) is 44.6 Å². The fourth-order valence-electron chi connectivity index (χ4n) is 3.80. The monoisotopic (exact) mass is 491 g/mol. The number of sulfonamides is 1. The molecule has 1 amide bonds. The van der Waals surface area contributed by atoms with Gasteiger partial charge in [0.1, 0.15) is 0 Å². The van der Waals surface area contributed by atoms with E-state index in [0.29, 0.717) is 55.5 Å². The fraction of sp³-hybridized carbons (Fsp3) is 0.682. The molecule has 1 saturated heterocycles. The van der Waals surface area contributed by atoms with Crippen LogP contribution in [0, 0.1) is 5.92 Å². The number of unbranched alkanes of at least 4 members (excludes halogenated alkanes) is 1. The molecule has 0 atom stereocenters. The summed E-state index contributed by atoms with van der Waals surface area (Å²) in [6.45, 7) is 4.82. The van der Waals surface area contributed by atoms with E-state index < -0.39 is 10.0 Å². The number of amides is 1. The summed E-state index contributed by atoms with van der Waals surface area (Å²) in [5, 5.41) is 0.970. The molecule has 2 rings (SSSR count). The first-order chi connectivity index (χ1) is 14.6. The molecule has 1 aliphatic rings. The predicted octanol–water partition coefficient (Wildman–Crippen LogP) is 4.12. The van der Waals surface area contributed by atoms with Crippen LogP contribution in [0.4, 0.5) is 0 Å². The first kappa shape index (κ1) is 26.4. The Hall–Kier alpha value is -0.860. The lowest BCUT2D eigenvalue weighted by atomic mass is 9.96. The summed E-state index contributed by atoms with van der Waals surface area (Å²) in [4.78, 5) is 17.3. The van der Waals surface area contributed by atoms with Crippen molar-refractivity contribution >= 4 is 39.1 Å². The maximum atomic E-state index is 13.3. The van der Waals surface area contributed by atoms with Gasteiger partial charge in [-0.25, -0.2) is 12.7 Å². The Morgan fingerprint density at radius 2 is 1.77 bits per heavy atom. The first-order valence-electron chi connectivity index (χ1n) is 11.0. The van der Waals surface area contributed by atoms with Gasteiger partial charge in [0.15, 0.2) is 0 Å². The van der Waals surface area contributed by atoms with Gasteiger partial charge in [0.2, 0.25) is 15.9 Å². The molecule has 1 aromatic carbocycles. The summed E-state index contributed by atoms with van der Waals surface area (Å²) in [6, 6.07) is 5.45. The fourth-order valence-corrected chi connectivity index (χ4v) is 5.80. The van der Waals surface area contributed by atoms with Crippen molar-refractivity contribution in [1.82, 2.24) is 14.1 Å². The minimum Gasteiger partial charge on any atom is -0.338 e. The summed E-state index contributed by atoms with van der Waals surface area (Å²) in [7, 11) is 0.807. The van der Waals surface area contributed by atoms with Crippen LogP contribution in [0.25, 0.3) is 0 Å². The van der Waals surface area contributed by atoms with Crippen LogP contribution >= 0.6 is 23.2 Å². The van der Waals surface area contributed by atoms with Crippen molar-refractivity contribution in [3.63, 3.8) is 0 Å². The standard InChI is InChI=1S/C22H35Cl2N3O3S/c1-4-5-15-31(29,30)27-13-9-19(10-14-27)22(28)26(12-6-11-25(2)3)17-18-7-8-20(23)21(24)16-18/h7-8,16,19H,4-6,9-15,17H2,1-3H3. The highest BCUT2D eigenvalue weighted by Gasteiger charge is 2.32. The van der Waals surface area contributed by atoms with Crippen LogP contribution < -0.4 is 0 Å². The van der Waals surface area contributed by atoms with E-state index >= 15 is 0 Å². The Balaban J connectivity index is 2.03. The molecule has 6 nitrogen and oxygen atoms in total. The zero-order valence-corrected chi connectivity index (χ0v) is 21.1. The molecular formula is C22H35Cl2N3O3S. The largest absolute Gasteiger partial charge is 0.338 e. The van der Waals surface area contributed by atoms with Crippen molar-refractivity contribution in [2.45, 2.75) is 45.6 Å². The smallest absolute Gasteiger partial charge is 0.226 e. The number of hydrogen-bond acceptors (Lipinski definition) is 4. The molecule has 0 spiro atoms. The Labute approximate surface area is 197 Å². The summed E-state index contributed by atoms with van der Waals surface area (Å²) < 4.78 is 26.5. The maximum Gasteiger partial charge on any atom is 0.226 e. The van der Waals surface area contributed by atoms with Crippen molar-refractivity contribution in [3.8, 4) is 0 Å². The predicted molar refractivity (Wildman–Crippen MR) is 128 cm³/mol. The second kappa shape index (κ2) is 12.4. The van der Waals surface area contributed by atoms with Gasteiger partial charge < -0.3 is 9.80 Å². The topological polar surface area (TPSA) is 60.9 Å². The molecule has 1 aliphatic heterocycles. The highest BCUT2D eigenvalue weighted by Crippen LogP contribution is 2.26. The number of carbonyl (C=O) groups excluding carboxylic acids is 1. The van der Waals surface area contributed by atoms with E-state index in [1.807, 2.05) is 32.0 Å². The van der Waals surface area contributed by atoms with Gasteiger partial charge in [-0.05, 0) is 64.0 Å². The van der Waals surface area contributed by atoms with Gasteiger partial charge in [0, 0.05) is 32.1 Å². The number of carbonyl (C=O) groups is 1. The summed E-state index contributed by atoms with van der Waals surface area (Å²) >= 11 is 12.2. The van der Waals surface area contributed by atoms with Crippen LogP contribution in [0.5, 0.6) is 0 Å². The van der Waals surface area contributed by atoms with E-state index in [1.165, 1.54) is 0 Å². The number of rotatable bonds is 11. The molecule has 0 radical (unpaired) electrons. The lowest BCUT2D eigenvalue weighted by Gasteiger charge is -2.34. The number of hydrogen-bond donors (Lipinski definition) is 0. The zero-order chi connectivity index (χ0) is 23.0. The van der Waals surface area contributed by atoms with E-state index in [0.717, 1.165) is 24.9 Å². The lowest BCUT2D eigenvalue weighted by molar-refractivity contribution is -0.137. The molecule has 0 N–H and O–H groups in total. The van der Waals surface area contributed by atoms with Crippen molar-refractivity contribution in [1.29, 1.82) is 0 Å². The van der Waals surface area contributed by atoms with Crippen molar-refractivity contribution in [3.05, 3.63) is 33.8 Å². The quantitative estimate of drug-likeness (QED) is 0.467. The average Bonchev–Trinajstić information content (AvgIpc) is 2.73. The van der Waals surface area contributed by atoms with Crippen molar-refractivity contribution < 1.29 is 13.2 Å². The molecule has 0 aromatic heterocycles. The second-order valence-corrected chi connectivity index (χ2v) is 11.4. The number of nitrogens with zero attached hydrogens (tertiary/aromatic N) is 3. The minimum atomic E-state index is -3.22. The van der Waals surface area contributed by atoms with E-state index in [4.69, 9.17) is 23.2 Å². The summed E-state index contributed by atoms with van der Waals surface area (Å²) in [6.07, 6.45) is 3.52. The van der Waals surface area contributed by atoms with Crippen molar-refractivity contribution in [2.24, 2.45) is 5.92 Å². The molecule has 0 bridgehead atoms. The summed E-state index contributed by atoms with van der Waals surface area (Å²) in [5.41, 5.74) is 0.937. The first-order valence-corrected chi connectivity index (χ1v) is 13.4. The normalized spacial score (nSPS) is 16.1. The molecule has 31 heavy (non-hydrogen) atoms. The van der Waals surface area contributed by atoms with E-state index in [1.54, 1.807) is 16.4 Å². The number of halogens is 2. The van der Waals surface area contributed by atoms with Gasteiger partial charge in [-0.3, -0.25) is 4.79 Å². The van der Waals surface area contributed by atoms with Gasteiger partial charge in [-0.2, -0.15) is 0 Å². The van der Waals surface area contributed by atoms with E-state index in [2.05, 4.69) is 4.90 Å². The van der Waals surface area contributed by atoms with Crippen LogP contribution in [0.15, 0.2) is 18.2 Å². The van der Waals surface area contributed by atoms with E-state index in [-0.39, 0.29) is 17.6 Å². The van der Waals surface area contributed by atoms with Gasteiger partial charge in [0.25, 0.3) is 0 Å². The molecule has 0 saturated carbocycles. The molecule has 176 valence electrons. The van der Waals surface area contributed by atoms with Gasteiger partial charge in [0.05, 0.1) is 15.8 Å². The van der Waals surface area contributed by atoms with Crippen LogP contribution in [0.2, 0.25) is 10.0 Å². The molecule has 9 heteroatoms. The van der Waals surface area contributed by atoms with Gasteiger partial charge in [-0.1, -0.05) is 42.6 Å². The van der Waals surface area contributed by atoms with Gasteiger partial charge >= 0.3 is 0 Å². The Kier molecular flexibility index (Phi) is 10.6. The molecular weight excluding hydrogens is 457 g/mol. The van der Waals surface area contributed by atoms with Gasteiger partial charge in [-0.15, -0.1) is 0 Å². The molecule has 1 aromatic rings. The van der Waals surface area contributed by atoms with E-state index in [9.17, 15) is 13.2 Å². The third kappa shape index (κ3) is 8.21. The van der Waals surface area contributed by atoms with Crippen LogP contribution in [0.3, 0.4) is 0 Å². The minimum absolute atomic E-state index is 0.0930. The lowest BCUT2D eigenvalue weighted by Crippen LogP contribution is -2.45. The average molecular weight is 493 g/mol. The summed E-state index contributed by atoms with van der Waals surface area (Å²) in [5.74, 6) is 0.131. The Morgan fingerprint density at radius 1 is 1.10 bits per heavy atom.